The molecular formula is C26H24Cl2N2O3S2. The molecule has 1 aliphatic heterocycles. The van der Waals surface area contributed by atoms with Crippen LogP contribution in [0.5, 0.6) is 5.75 Å². The second-order valence-electron chi connectivity index (χ2n) is 8.75. The number of halogens is 2. The first-order chi connectivity index (χ1) is 16.9. The summed E-state index contributed by atoms with van der Waals surface area (Å²) in [5.41, 5.74) is 2.77. The predicted octanol–water partition coefficient (Wildman–Crippen LogP) is 7.15. The molecule has 2 aromatic heterocycles. The van der Waals surface area contributed by atoms with Crippen molar-refractivity contribution in [2.24, 2.45) is 5.92 Å². The van der Waals surface area contributed by atoms with Crippen molar-refractivity contribution in [1.29, 1.82) is 0 Å². The van der Waals surface area contributed by atoms with Gasteiger partial charge >= 0.3 is 0 Å². The zero-order valence-electron chi connectivity index (χ0n) is 19.5. The minimum atomic E-state index is -0.0567. The largest absolute Gasteiger partial charge is 0.497 e. The van der Waals surface area contributed by atoms with Gasteiger partial charge < -0.3 is 9.47 Å². The van der Waals surface area contributed by atoms with E-state index >= 15 is 0 Å². The number of hydrogen-bond donors (Lipinski definition) is 0. The first kappa shape index (κ1) is 24.7. The Bertz CT molecular complexity index is 1450. The van der Waals surface area contributed by atoms with E-state index in [1.165, 1.54) is 11.8 Å². The third kappa shape index (κ3) is 4.85. The quantitative estimate of drug-likeness (QED) is 0.190. The van der Waals surface area contributed by atoms with Gasteiger partial charge in [-0.15, -0.1) is 11.3 Å². The summed E-state index contributed by atoms with van der Waals surface area (Å²) < 4.78 is 13.1. The third-order valence-corrected chi connectivity index (χ3v) is 8.99. The van der Waals surface area contributed by atoms with E-state index in [4.69, 9.17) is 37.7 Å². The summed E-state index contributed by atoms with van der Waals surface area (Å²) in [4.78, 5) is 20.9. The Morgan fingerprint density at radius 1 is 1.20 bits per heavy atom. The molecular weight excluding hydrogens is 523 g/mol. The normalized spacial score (nSPS) is 15.5. The Balaban J connectivity index is 1.63. The summed E-state index contributed by atoms with van der Waals surface area (Å²) in [6.07, 6.45) is 0.820. The number of aromatic nitrogens is 2. The molecule has 1 aliphatic rings. The van der Waals surface area contributed by atoms with Crippen molar-refractivity contribution >= 4 is 56.5 Å². The molecule has 0 amide bonds. The topological polar surface area (TPSA) is 53.4 Å². The molecule has 9 heteroatoms. The van der Waals surface area contributed by atoms with E-state index in [1.807, 2.05) is 36.4 Å². The molecule has 1 unspecified atom stereocenters. The fourth-order valence-corrected chi connectivity index (χ4v) is 6.61. The fourth-order valence-electron chi connectivity index (χ4n) is 4.17. The Hall–Kier alpha value is -2.03. The van der Waals surface area contributed by atoms with Crippen molar-refractivity contribution in [3.05, 3.63) is 78.9 Å². The number of nitrogens with zero attached hydrogens (tertiary/aromatic N) is 2. The molecule has 0 spiro atoms. The van der Waals surface area contributed by atoms with Gasteiger partial charge in [-0.25, -0.2) is 4.98 Å². The number of thiophene rings is 1. The minimum Gasteiger partial charge on any atom is -0.497 e. The molecule has 5 nitrogen and oxygen atoms in total. The van der Waals surface area contributed by atoms with Crippen LogP contribution in [0.1, 0.15) is 29.9 Å². The highest BCUT2D eigenvalue weighted by atomic mass is 35.5. The SMILES string of the molecule is COc1ccc(-n2c(SCc3ccc(Cl)c(Cl)c3)nc3sc4c(c3c2=O)CC(C(C)C)OC4)cc1. The predicted molar refractivity (Wildman–Crippen MR) is 145 cm³/mol. The van der Waals surface area contributed by atoms with Gasteiger partial charge in [-0.3, -0.25) is 9.36 Å². The second-order valence-corrected chi connectivity index (χ2v) is 11.6. The van der Waals surface area contributed by atoms with Crippen LogP contribution in [0.4, 0.5) is 0 Å². The standard InChI is InChI=1S/C26H24Cl2N2O3S2/c1-14(2)21-11-18-22(12-33-21)35-24-23(18)25(31)30(16-5-7-17(32-3)8-6-16)26(29-24)34-13-15-4-9-19(27)20(28)10-15/h4-10,14,21H,11-13H2,1-3H3. The number of ether oxygens (including phenoxy) is 2. The van der Waals surface area contributed by atoms with E-state index < -0.39 is 0 Å². The van der Waals surface area contributed by atoms with Gasteiger partial charge in [-0.2, -0.15) is 0 Å². The van der Waals surface area contributed by atoms with Crippen LogP contribution in [-0.4, -0.2) is 22.8 Å². The minimum absolute atomic E-state index is 0.0567. The lowest BCUT2D eigenvalue weighted by atomic mass is 9.96. The van der Waals surface area contributed by atoms with Crippen LogP contribution in [0, 0.1) is 5.92 Å². The first-order valence-corrected chi connectivity index (χ1v) is 13.8. The Kier molecular flexibility index (Phi) is 7.15. The van der Waals surface area contributed by atoms with Crippen LogP contribution in [0.25, 0.3) is 15.9 Å². The highest BCUT2D eigenvalue weighted by Gasteiger charge is 2.28. The second kappa shape index (κ2) is 10.1. The van der Waals surface area contributed by atoms with E-state index in [9.17, 15) is 4.79 Å². The van der Waals surface area contributed by atoms with Crippen LogP contribution in [0.15, 0.2) is 52.4 Å². The molecule has 5 rings (SSSR count). The summed E-state index contributed by atoms with van der Waals surface area (Å²) in [7, 11) is 1.62. The number of hydrogen-bond acceptors (Lipinski definition) is 6. The summed E-state index contributed by atoms with van der Waals surface area (Å²) >= 11 is 15.3. The molecule has 3 heterocycles. The van der Waals surface area contributed by atoms with Gasteiger partial charge in [-0.05, 0) is 53.4 Å². The number of thioether (sulfide) groups is 1. The monoisotopic (exact) mass is 546 g/mol. The molecule has 2 aromatic carbocycles. The lowest BCUT2D eigenvalue weighted by Gasteiger charge is -2.26. The van der Waals surface area contributed by atoms with Gasteiger partial charge in [0.25, 0.3) is 5.56 Å². The maximum Gasteiger partial charge on any atom is 0.267 e. The molecule has 0 N–H and O–H groups in total. The lowest BCUT2D eigenvalue weighted by molar-refractivity contribution is 0.00200. The molecule has 0 radical (unpaired) electrons. The zero-order valence-corrected chi connectivity index (χ0v) is 22.7. The molecule has 0 aliphatic carbocycles. The van der Waals surface area contributed by atoms with Crippen molar-refractivity contribution in [2.45, 2.75) is 43.9 Å². The van der Waals surface area contributed by atoms with E-state index in [-0.39, 0.29) is 11.7 Å². The van der Waals surface area contributed by atoms with Gasteiger partial charge in [0.05, 0.1) is 40.9 Å². The molecule has 0 bridgehead atoms. The average molecular weight is 548 g/mol. The maximum atomic E-state index is 14.0. The fraction of sp³-hybridized carbons (Fsp3) is 0.308. The number of methoxy groups -OCH3 is 1. The summed E-state index contributed by atoms with van der Waals surface area (Å²) in [5.74, 6) is 1.69. The highest BCUT2D eigenvalue weighted by molar-refractivity contribution is 7.98. The number of benzene rings is 2. The summed E-state index contributed by atoms with van der Waals surface area (Å²) in [6.45, 7) is 4.82. The molecule has 182 valence electrons. The molecule has 0 fully saturated rings. The van der Waals surface area contributed by atoms with Crippen molar-refractivity contribution in [3.63, 3.8) is 0 Å². The lowest BCUT2D eigenvalue weighted by Crippen LogP contribution is -2.28. The molecule has 1 atom stereocenters. The highest BCUT2D eigenvalue weighted by Crippen LogP contribution is 2.37. The maximum absolute atomic E-state index is 14.0. The molecule has 0 saturated carbocycles. The van der Waals surface area contributed by atoms with Crippen LogP contribution in [-0.2, 0) is 23.5 Å². The van der Waals surface area contributed by atoms with E-state index in [1.54, 1.807) is 29.1 Å². The zero-order chi connectivity index (χ0) is 24.7. The van der Waals surface area contributed by atoms with Crippen molar-refractivity contribution < 1.29 is 9.47 Å². The van der Waals surface area contributed by atoms with E-state index in [0.717, 1.165) is 38.7 Å². The van der Waals surface area contributed by atoms with Gasteiger partial charge in [0.1, 0.15) is 10.6 Å². The van der Waals surface area contributed by atoms with Crippen LogP contribution in [0.2, 0.25) is 10.0 Å². The summed E-state index contributed by atoms with van der Waals surface area (Å²) in [5, 5.41) is 2.35. The average Bonchev–Trinajstić information content (AvgIpc) is 3.23. The van der Waals surface area contributed by atoms with Crippen LogP contribution < -0.4 is 10.3 Å². The van der Waals surface area contributed by atoms with Crippen molar-refractivity contribution in [2.75, 3.05) is 7.11 Å². The number of fused-ring (bicyclic) bond motifs is 3. The Morgan fingerprint density at radius 3 is 2.66 bits per heavy atom. The summed E-state index contributed by atoms with van der Waals surface area (Å²) in [6, 6.07) is 13.0. The van der Waals surface area contributed by atoms with E-state index in [2.05, 4.69) is 13.8 Å². The van der Waals surface area contributed by atoms with Gasteiger partial charge in [0.15, 0.2) is 5.16 Å². The van der Waals surface area contributed by atoms with Crippen molar-refractivity contribution in [1.82, 2.24) is 9.55 Å². The van der Waals surface area contributed by atoms with Gasteiger partial charge in [0.2, 0.25) is 0 Å². The molecule has 4 aromatic rings. The van der Waals surface area contributed by atoms with Gasteiger partial charge in [-0.1, -0.05) is 54.9 Å². The Morgan fingerprint density at radius 2 is 1.97 bits per heavy atom. The van der Waals surface area contributed by atoms with Gasteiger partial charge in [0, 0.05) is 17.1 Å². The van der Waals surface area contributed by atoms with E-state index in [0.29, 0.717) is 38.9 Å². The van der Waals surface area contributed by atoms with Crippen LogP contribution in [0.3, 0.4) is 0 Å². The first-order valence-electron chi connectivity index (χ1n) is 11.3. The smallest absolute Gasteiger partial charge is 0.267 e. The Labute approximate surface area is 222 Å². The van der Waals surface area contributed by atoms with Crippen molar-refractivity contribution in [3.8, 4) is 11.4 Å². The molecule has 0 saturated heterocycles. The number of rotatable bonds is 6. The molecule has 35 heavy (non-hydrogen) atoms. The third-order valence-electron chi connectivity index (χ3n) is 6.14. The van der Waals surface area contributed by atoms with Crippen LogP contribution >= 0.6 is 46.3 Å².